The van der Waals surface area contributed by atoms with Crippen LogP contribution in [0.15, 0.2) is 89.9 Å². The first kappa shape index (κ1) is 30.4. The molecule has 226 valence electrons. The van der Waals surface area contributed by atoms with Crippen LogP contribution in [0.1, 0.15) is 17.5 Å². The van der Waals surface area contributed by atoms with Crippen LogP contribution in [-0.2, 0) is 37.0 Å². The highest BCUT2D eigenvalue weighted by Gasteiger charge is 2.47. The van der Waals surface area contributed by atoms with Gasteiger partial charge in [-0.3, -0.25) is 9.79 Å². The van der Waals surface area contributed by atoms with E-state index >= 15 is 0 Å². The highest BCUT2D eigenvalue weighted by atomic mass is 16.7. The first-order valence-corrected chi connectivity index (χ1v) is 14.3. The fraction of sp³-hybridized carbons (Fsp3) is 0.333. The van der Waals surface area contributed by atoms with Gasteiger partial charge in [0.1, 0.15) is 24.4 Å². The summed E-state index contributed by atoms with van der Waals surface area (Å²) in [6.07, 6.45) is -3.63. The fourth-order valence-electron chi connectivity index (χ4n) is 5.29. The maximum atomic E-state index is 13.0. The number of guanidine groups is 1. The Labute approximate surface area is 250 Å². The van der Waals surface area contributed by atoms with Crippen LogP contribution in [0.2, 0.25) is 0 Å². The number of fused-ring (bicyclic) bond motifs is 2. The maximum Gasteiger partial charge on any atom is 0.222 e. The van der Waals surface area contributed by atoms with Crippen LogP contribution in [0.3, 0.4) is 0 Å². The molecule has 0 aromatic heterocycles. The van der Waals surface area contributed by atoms with E-state index < -0.39 is 30.6 Å². The molecular formula is C33H38N4O6. The zero-order valence-electron chi connectivity index (χ0n) is 24.1. The van der Waals surface area contributed by atoms with E-state index in [1.807, 2.05) is 78.9 Å². The quantitative estimate of drug-likeness (QED) is 0.146. The minimum atomic E-state index is -1.11. The number of aliphatic hydroxyl groups excluding tert-OH is 1. The molecule has 43 heavy (non-hydrogen) atoms. The largest absolute Gasteiger partial charge is 0.388 e. The Morgan fingerprint density at radius 2 is 1.47 bits per heavy atom. The molecule has 4 aromatic rings. The van der Waals surface area contributed by atoms with E-state index in [9.17, 15) is 9.90 Å². The van der Waals surface area contributed by atoms with Crippen molar-refractivity contribution >= 4 is 33.4 Å². The SMILES string of the molecule is COC[C@H]1OC(OCc2ccc3ccccc3c2)[C@H](NC(=O)CCN=C(N)N)[C@H](OCc2ccc3ccccc3c2)[C@@H]1O. The highest BCUT2D eigenvalue weighted by molar-refractivity contribution is 5.83. The number of aliphatic hydroxyl groups is 1. The van der Waals surface area contributed by atoms with Crippen LogP contribution in [0.25, 0.3) is 21.5 Å². The predicted octanol–water partition coefficient (Wildman–Crippen LogP) is 2.98. The van der Waals surface area contributed by atoms with Crippen molar-refractivity contribution < 1.29 is 28.8 Å². The zero-order chi connectivity index (χ0) is 30.2. The number of rotatable bonds is 12. The summed E-state index contributed by atoms with van der Waals surface area (Å²) in [5.41, 5.74) is 12.7. The van der Waals surface area contributed by atoms with Gasteiger partial charge in [0.05, 0.1) is 26.4 Å². The van der Waals surface area contributed by atoms with Gasteiger partial charge in [-0.1, -0.05) is 72.8 Å². The van der Waals surface area contributed by atoms with Gasteiger partial charge < -0.3 is 40.8 Å². The third-order valence-electron chi connectivity index (χ3n) is 7.45. The Morgan fingerprint density at radius 1 is 0.884 bits per heavy atom. The molecule has 1 unspecified atom stereocenters. The second-order valence-electron chi connectivity index (χ2n) is 10.6. The van der Waals surface area contributed by atoms with Gasteiger partial charge in [0.2, 0.25) is 5.91 Å². The van der Waals surface area contributed by atoms with Gasteiger partial charge in [0.25, 0.3) is 0 Å². The number of carbonyl (C=O) groups excluding carboxylic acids is 1. The molecule has 5 rings (SSSR count). The lowest BCUT2D eigenvalue weighted by Gasteiger charge is -2.44. The molecule has 6 N–H and O–H groups in total. The van der Waals surface area contributed by atoms with Crippen molar-refractivity contribution in [2.45, 2.75) is 50.3 Å². The summed E-state index contributed by atoms with van der Waals surface area (Å²) >= 11 is 0. The minimum Gasteiger partial charge on any atom is -0.388 e. The summed E-state index contributed by atoms with van der Waals surface area (Å²) in [5, 5.41) is 18.7. The highest BCUT2D eigenvalue weighted by Crippen LogP contribution is 2.28. The van der Waals surface area contributed by atoms with E-state index in [0.29, 0.717) is 0 Å². The molecule has 1 aliphatic rings. The van der Waals surface area contributed by atoms with E-state index in [2.05, 4.69) is 16.4 Å². The molecule has 10 heteroatoms. The number of benzene rings is 4. The van der Waals surface area contributed by atoms with E-state index in [4.69, 9.17) is 30.4 Å². The Bertz CT molecular complexity index is 1560. The second kappa shape index (κ2) is 14.4. The molecule has 0 aliphatic carbocycles. The van der Waals surface area contributed by atoms with E-state index in [-0.39, 0.29) is 44.7 Å². The molecule has 4 aromatic carbocycles. The number of methoxy groups -OCH3 is 1. The monoisotopic (exact) mass is 586 g/mol. The van der Waals surface area contributed by atoms with E-state index in [0.717, 1.165) is 32.7 Å². The number of nitrogens with zero attached hydrogens (tertiary/aromatic N) is 1. The van der Waals surface area contributed by atoms with Crippen molar-refractivity contribution in [3.05, 3.63) is 96.1 Å². The first-order chi connectivity index (χ1) is 20.9. The standard InChI is InChI=1S/C33H38N4O6/c1-40-20-27-30(39)31(41-18-21-10-12-23-6-2-4-8-25(23)16-21)29(37-28(38)14-15-36-33(34)35)32(43-27)42-19-22-11-13-24-7-3-5-9-26(24)17-22/h2-13,16-17,27,29-32,39H,14-15,18-20H2,1H3,(H,37,38)(H4,34,35,36)/t27-,29-,30-,31+,32?/m1/s1. The van der Waals surface area contributed by atoms with Crippen LogP contribution in [0.5, 0.6) is 0 Å². The summed E-state index contributed by atoms with van der Waals surface area (Å²) in [6, 6.07) is 27.4. The third-order valence-corrected chi connectivity index (χ3v) is 7.45. The minimum absolute atomic E-state index is 0.0286. The molecule has 0 radical (unpaired) electrons. The van der Waals surface area contributed by atoms with Gasteiger partial charge in [0.15, 0.2) is 12.2 Å². The maximum absolute atomic E-state index is 13.0. The molecule has 1 saturated heterocycles. The van der Waals surface area contributed by atoms with Gasteiger partial charge in [-0.25, -0.2) is 0 Å². The lowest BCUT2D eigenvalue weighted by Crippen LogP contribution is -2.65. The average Bonchev–Trinajstić information content (AvgIpc) is 3.01. The van der Waals surface area contributed by atoms with Gasteiger partial charge in [0, 0.05) is 13.5 Å². The normalized spacial score (nSPS) is 22.0. The number of ether oxygens (including phenoxy) is 4. The molecule has 1 aliphatic heterocycles. The van der Waals surface area contributed by atoms with Crippen LogP contribution in [-0.4, -0.2) is 67.9 Å². The molecule has 0 bridgehead atoms. The summed E-state index contributed by atoms with van der Waals surface area (Å²) in [5.74, 6) is -0.436. The summed E-state index contributed by atoms with van der Waals surface area (Å²) in [4.78, 5) is 16.9. The average molecular weight is 587 g/mol. The molecule has 1 amide bonds. The molecule has 1 fully saturated rings. The van der Waals surface area contributed by atoms with Crippen molar-refractivity contribution in [3.8, 4) is 0 Å². The summed E-state index contributed by atoms with van der Waals surface area (Å²) < 4.78 is 24.2. The third kappa shape index (κ3) is 7.86. The van der Waals surface area contributed by atoms with Crippen molar-refractivity contribution in [3.63, 3.8) is 0 Å². The summed E-state index contributed by atoms with van der Waals surface area (Å²) in [7, 11) is 1.53. The van der Waals surface area contributed by atoms with Crippen molar-refractivity contribution in [1.82, 2.24) is 5.32 Å². The number of carbonyl (C=O) groups is 1. The molecule has 0 spiro atoms. The van der Waals surface area contributed by atoms with Crippen molar-refractivity contribution in [1.29, 1.82) is 0 Å². The van der Waals surface area contributed by atoms with Crippen LogP contribution >= 0.6 is 0 Å². The van der Waals surface area contributed by atoms with Crippen molar-refractivity contribution in [2.24, 2.45) is 16.5 Å². The van der Waals surface area contributed by atoms with Gasteiger partial charge >= 0.3 is 0 Å². The second-order valence-corrected chi connectivity index (χ2v) is 10.6. The lowest BCUT2D eigenvalue weighted by molar-refractivity contribution is -0.282. The van der Waals surface area contributed by atoms with Crippen LogP contribution in [0.4, 0.5) is 0 Å². The van der Waals surface area contributed by atoms with E-state index in [1.165, 1.54) is 7.11 Å². The Hall–Kier alpha value is -4.06. The fourth-order valence-corrected chi connectivity index (χ4v) is 5.29. The molecular weight excluding hydrogens is 548 g/mol. The lowest BCUT2D eigenvalue weighted by atomic mass is 9.96. The molecule has 0 saturated carbocycles. The number of nitrogens with one attached hydrogen (secondary N) is 1. The first-order valence-electron chi connectivity index (χ1n) is 14.3. The van der Waals surface area contributed by atoms with E-state index in [1.54, 1.807) is 0 Å². The number of hydrogen-bond donors (Lipinski definition) is 4. The van der Waals surface area contributed by atoms with Gasteiger partial charge in [-0.15, -0.1) is 0 Å². The smallest absolute Gasteiger partial charge is 0.222 e. The number of amides is 1. The Morgan fingerprint density at radius 3 is 2.05 bits per heavy atom. The number of nitrogens with two attached hydrogens (primary N) is 2. The Balaban J connectivity index is 1.38. The zero-order valence-corrected chi connectivity index (χ0v) is 24.1. The molecule has 10 nitrogen and oxygen atoms in total. The van der Waals surface area contributed by atoms with Crippen LogP contribution in [0, 0.1) is 0 Å². The number of hydrogen-bond acceptors (Lipinski definition) is 7. The van der Waals surface area contributed by atoms with Crippen LogP contribution < -0.4 is 16.8 Å². The van der Waals surface area contributed by atoms with Crippen molar-refractivity contribution in [2.75, 3.05) is 20.3 Å². The molecule has 1 heterocycles. The van der Waals surface area contributed by atoms with Gasteiger partial charge in [-0.05, 0) is 44.8 Å². The predicted molar refractivity (Wildman–Crippen MR) is 165 cm³/mol. The number of aliphatic imine (C=N–C) groups is 1. The topological polar surface area (TPSA) is 151 Å². The summed E-state index contributed by atoms with van der Waals surface area (Å²) in [6.45, 7) is 0.632. The Kier molecular flexibility index (Phi) is 10.2. The molecule has 5 atom stereocenters. The van der Waals surface area contributed by atoms with Gasteiger partial charge in [-0.2, -0.15) is 0 Å².